The number of ether oxygens (including phenoxy) is 1. The van der Waals surface area contributed by atoms with Gasteiger partial charge in [0.15, 0.2) is 5.82 Å². The molecule has 1 atom stereocenters. The molecule has 0 saturated carbocycles. The van der Waals surface area contributed by atoms with Crippen molar-refractivity contribution in [3.05, 3.63) is 47.5 Å². The lowest BCUT2D eigenvalue weighted by atomic mass is 9.96. The van der Waals surface area contributed by atoms with E-state index in [1.807, 2.05) is 6.07 Å². The lowest BCUT2D eigenvalue weighted by Gasteiger charge is -2.32. The number of nitrogens with zero attached hydrogens (tertiary/aromatic N) is 3. The Labute approximate surface area is 138 Å². The number of aromatic nitrogens is 3. The first-order valence-corrected chi connectivity index (χ1v) is 8.30. The van der Waals surface area contributed by atoms with Crippen molar-refractivity contribution < 1.29 is 4.74 Å². The van der Waals surface area contributed by atoms with Crippen LogP contribution in [0.5, 0.6) is 0 Å². The van der Waals surface area contributed by atoms with E-state index in [0.29, 0.717) is 0 Å². The zero-order chi connectivity index (χ0) is 16.3. The molecule has 124 valence electrons. The molecule has 1 N–H and O–H groups in total. The number of aromatic amines is 1. The molecule has 2 aromatic rings. The first kappa shape index (κ1) is 16.1. The maximum atomic E-state index is 5.92. The molecular formula is C18H26N4O. The van der Waals surface area contributed by atoms with Crippen molar-refractivity contribution in [3.63, 3.8) is 0 Å². The van der Waals surface area contributed by atoms with Crippen molar-refractivity contribution >= 4 is 0 Å². The van der Waals surface area contributed by atoms with E-state index in [4.69, 9.17) is 4.74 Å². The molecule has 0 aliphatic carbocycles. The van der Waals surface area contributed by atoms with E-state index in [2.05, 4.69) is 65.1 Å². The van der Waals surface area contributed by atoms with Gasteiger partial charge in [0.1, 0.15) is 5.82 Å². The summed E-state index contributed by atoms with van der Waals surface area (Å²) >= 11 is 0. The molecule has 5 nitrogen and oxygen atoms in total. The average molecular weight is 314 g/mol. The summed E-state index contributed by atoms with van der Waals surface area (Å²) in [4.78, 5) is 7.03. The summed E-state index contributed by atoms with van der Waals surface area (Å²) in [5.74, 6) is 1.82. The van der Waals surface area contributed by atoms with E-state index in [-0.39, 0.29) is 11.5 Å². The van der Waals surface area contributed by atoms with Gasteiger partial charge in [-0.15, -0.1) is 0 Å². The molecule has 1 aromatic carbocycles. The van der Waals surface area contributed by atoms with Gasteiger partial charge in [0.25, 0.3) is 0 Å². The third-order valence-corrected chi connectivity index (χ3v) is 4.11. The van der Waals surface area contributed by atoms with Crippen molar-refractivity contribution in [1.82, 2.24) is 20.1 Å². The molecule has 23 heavy (non-hydrogen) atoms. The molecule has 1 aliphatic rings. The van der Waals surface area contributed by atoms with Crippen LogP contribution in [0.2, 0.25) is 0 Å². The molecule has 1 aromatic heterocycles. The molecule has 0 amide bonds. The number of morpholine rings is 1. The van der Waals surface area contributed by atoms with Crippen molar-refractivity contribution in [2.24, 2.45) is 0 Å². The number of benzene rings is 1. The molecule has 1 saturated heterocycles. The number of hydrogen-bond donors (Lipinski definition) is 1. The third-order valence-electron chi connectivity index (χ3n) is 4.11. The van der Waals surface area contributed by atoms with Crippen LogP contribution in [0.25, 0.3) is 0 Å². The molecule has 1 unspecified atom stereocenters. The quantitative estimate of drug-likeness (QED) is 0.942. The van der Waals surface area contributed by atoms with Gasteiger partial charge in [-0.05, 0) is 12.0 Å². The molecule has 5 heteroatoms. The fraction of sp³-hybridized carbons (Fsp3) is 0.556. The Morgan fingerprint density at radius 3 is 2.74 bits per heavy atom. The maximum absolute atomic E-state index is 5.92. The Balaban J connectivity index is 1.57. The van der Waals surface area contributed by atoms with Crippen LogP contribution in [-0.4, -0.2) is 45.9 Å². The molecule has 2 heterocycles. The van der Waals surface area contributed by atoms with E-state index in [1.54, 1.807) is 0 Å². The van der Waals surface area contributed by atoms with Crippen LogP contribution in [0.1, 0.15) is 38.0 Å². The minimum absolute atomic E-state index is 0.0183. The predicted molar refractivity (Wildman–Crippen MR) is 90.2 cm³/mol. The molecule has 1 fully saturated rings. The Morgan fingerprint density at radius 2 is 2.04 bits per heavy atom. The highest BCUT2D eigenvalue weighted by Gasteiger charge is 2.23. The van der Waals surface area contributed by atoms with Crippen LogP contribution >= 0.6 is 0 Å². The Kier molecular flexibility index (Phi) is 4.78. The van der Waals surface area contributed by atoms with Crippen molar-refractivity contribution in [1.29, 1.82) is 0 Å². The van der Waals surface area contributed by atoms with Crippen LogP contribution in [-0.2, 0) is 23.1 Å². The zero-order valence-corrected chi connectivity index (χ0v) is 14.2. The Morgan fingerprint density at radius 1 is 1.26 bits per heavy atom. The Bertz CT molecular complexity index is 617. The van der Waals surface area contributed by atoms with Gasteiger partial charge in [-0.2, -0.15) is 5.10 Å². The highest BCUT2D eigenvalue weighted by Crippen LogP contribution is 2.18. The molecule has 0 radical (unpaired) electrons. The largest absolute Gasteiger partial charge is 0.375 e. The third kappa shape index (κ3) is 4.39. The van der Waals surface area contributed by atoms with E-state index in [0.717, 1.165) is 44.3 Å². The van der Waals surface area contributed by atoms with E-state index in [1.165, 1.54) is 5.56 Å². The summed E-state index contributed by atoms with van der Waals surface area (Å²) in [6.07, 6.45) is 1.21. The summed E-state index contributed by atoms with van der Waals surface area (Å²) in [5.41, 5.74) is 1.31. The lowest BCUT2D eigenvalue weighted by Crippen LogP contribution is -2.43. The predicted octanol–water partition coefficient (Wildman–Crippen LogP) is 2.55. The smallest absolute Gasteiger partial charge is 0.156 e. The van der Waals surface area contributed by atoms with Gasteiger partial charge in [-0.25, -0.2) is 4.98 Å². The summed E-state index contributed by atoms with van der Waals surface area (Å²) < 4.78 is 5.92. The molecule has 3 rings (SSSR count). The second-order valence-electron chi connectivity index (χ2n) is 7.27. The summed E-state index contributed by atoms with van der Waals surface area (Å²) in [5, 5.41) is 7.43. The minimum atomic E-state index is -0.0183. The number of H-pyrrole nitrogens is 1. The molecule has 1 aliphatic heterocycles. The second kappa shape index (κ2) is 6.81. The van der Waals surface area contributed by atoms with Crippen LogP contribution in [0.15, 0.2) is 30.3 Å². The van der Waals surface area contributed by atoms with Crippen molar-refractivity contribution in [3.8, 4) is 0 Å². The summed E-state index contributed by atoms with van der Waals surface area (Å²) in [6, 6.07) is 10.5. The van der Waals surface area contributed by atoms with E-state index in [9.17, 15) is 0 Å². The first-order chi connectivity index (χ1) is 11.0. The number of hydrogen-bond acceptors (Lipinski definition) is 4. The highest BCUT2D eigenvalue weighted by molar-refractivity contribution is 5.15. The number of nitrogens with one attached hydrogen (secondary N) is 1. The molecule has 0 spiro atoms. The van der Waals surface area contributed by atoms with Gasteiger partial charge >= 0.3 is 0 Å². The van der Waals surface area contributed by atoms with Crippen LogP contribution in [0.4, 0.5) is 0 Å². The summed E-state index contributed by atoms with van der Waals surface area (Å²) in [7, 11) is 0. The van der Waals surface area contributed by atoms with Crippen molar-refractivity contribution in [2.75, 3.05) is 19.7 Å². The van der Waals surface area contributed by atoms with E-state index < -0.39 is 0 Å². The SMILES string of the molecule is CC(C)(C)c1n[nH]c(CN2CCOC(Cc3ccccc3)C2)n1. The standard InChI is InChI=1S/C18H26N4O/c1-18(2,3)17-19-16(20-21-17)13-22-9-10-23-15(12-22)11-14-7-5-4-6-8-14/h4-8,15H,9-13H2,1-3H3,(H,19,20,21). The van der Waals surface area contributed by atoms with Gasteiger partial charge in [0, 0.05) is 18.5 Å². The topological polar surface area (TPSA) is 54.0 Å². The monoisotopic (exact) mass is 314 g/mol. The van der Waals surface area contributed by atoms with Gasteiger partial charge in [-0.1, -0.05) is 51.1 Å². The van der Waals surface area contributed by atoms with Crippen LogP contribution in [0, 0.1) is 0 Å². The Hall–Kier alpha value is -1.72. The average Bonchev–Trinajstić information content (AvgIpc) is 2.97. The summed E-state index contributed by atoms with van der Waals surface area (Å²) in [6.45, 7) is 9.84. The van der Waals surface area contributed by atoms with E-state index >= 15 is 0 Å². The van der Waals surface area contributed by atoms with Gasteiger partial charge in [0.2, 0.25) is 0 Å². The van der Waals surface area contributed by atoms with Crippen LogP contribution in [0.3, 0.4) is 0 Å². The number of rotatable bonds is 4. The minimum Gasteiger partial charge on any atom is -0.375 e. The first-order valence-electron chi connectivity index (χ1n) is 8.30. The lowest BCUT2D eigenvalue weighted by molar-refractivity contribution is -0.0312. The van der Waals surface area contributed by atoms with Gasteiger partial charge in [0.05, 0.1) is 19.3 Å². The van der Waals surface area contributed by atoms with Crippen LogP contribution < -0.4 is 0 Å². The fourth-order valence-electron chi connectivity index (χ4n) is 2.84. The second-order valence-corrected chi connectivity index (χ2v) is 7.27. The normalized spacial score (nSPS) is 19.9. The van der Waals surface area contributed by atoms with Gasteiger partial charge in [-0.3, -0.25) is 10.00 Å². The van der Waals surface area contributed by atoms with Gasteiger partial charge < -0.3 is 4.74 Å². The molecular weight excluding hydrogens is 288 g/mol. The van der Waals surface area contributed by atoms with Crippen molar-refractivity contribution in [2.45, 2.75) is 45.3 Å². The highest BCUT2D eigenvalue weighted by atomic mass is 16.5. The fourth-order valence-corrected chi connectivity index (χ4v) is 2.84. The maximum Gasteiger partial charge on any atom is 0.156 e. The molecule has 0 bridgehead atoms. The zero-order valence-electron chi connectivity index (χ0n) is 14.2.